The quantitative estimate of drug-likeness (QED) is 0.732. The molecule has 1 aromatic rings. The molecule has 0 saturated heterocycles. The Bertz CT molecular complexity index is 461. The van der Waals surface area contributed by atoms with Crippen LogP contribution in [0.3, 0.4) is 0 Å². The average Bonchev–Trinajstić information content (AvgIpc) is 2.44. The highest BCUT2D eigenvalue weighted by molar-refractivity contribution is 9.10. The van der Waals surface area contributed by atoms with Gasteiger partial charge in [0.1, 0.15) is 0 Å². The number of thioether (sulfide) groups is 1. The molecule has 20 heavy (non-hydrogen) atoms. The number of nitrogens with one attached hydrogen (secondary N) is 1. The van der Waals surface area contributed by atoms with E-state index in [9.17, 15) is 9.90 Å². The maximum absolute atomic E-state index is 11.8. The van der Waals surface area contributed by atoms with Crippen molar-refractivity contribution in [1.82, 2.24) is 5.32 Å². The molecule has 0 spiro atoms. The maximum atomic E-state index is 11.8. The minimum absolute atomic E-state index is 0.0438. The van der Waals surface area contributed by atoms with Gasteiger partial charge in [-0.15, -0.1) is 11.8 Å². The molecule has 0 heterocycles. The molecular formula is C15H22BrNO2S. The maximum Gasteiger partial charge on any atom is 0.230 e. The summed E-state index contributed by atoms with van der Waals surface area (Å²) in [6.07, 6.45) is 1.28. The van der Waals surface area contributed by atoms with Crippen molar-refractivity contribution in [2.24, 2.45) is 0 Å². The molecule has 1 amide bonds. The number of aryl methyl sites for hydroxylation is 1. The van der Waals surface area contributed by atoms with Crippen molar-refractivity contribution in [3.05, 3.63) is 28.2 Å². The monoisotopic (exact) mass is 359 g/mol. The Morgan fingerprint density at radius 1 is 1.40 bits per heavy atom. The van der Waals surface area contributed by atoms with Gasteiger partial charge in [0.05, 0.1) is 11.4 Å². The first kappa shape index (κ1) is 17.5. The Kier molecular flexibility index (Phi) is 7.06. The first-order valence-electron chi connectivity index (χ1n) is 6.78. The number of carbonyl (C=O) groups is 1. The SMILES string of the molecule is CCC(O)(CC)CNC(=O)CSc1ccc(Br)cc1C. The molecule has 0 atom stereocenters. The van der Waals surface area contributed by atoms with Crippen LogP contribution in [0, 0.1) is 6.92 Å². The first-order chi connectivity index (χ1) is 9.40. The zero-order valence-electron chi connectivity index (χ0n) is 12.2. The van der Waals surface area contributed by atoms with Crippen LogP contribution in [0.25, 0.3) is 0 Å². The fraction of sp³-hybridized carbons (Fsp3) is 0.533. The molecule has 0 aliphatic rings. The Morgan fingerprint density at radius 2 is 2.05 bits per heavy atom. The van der Waals surface area contributed by atoms with Gasteiger partial charge in [0, 0.05) is 15.9 Å². The predicted molar refractivity (Wildman–Crippen MR) is 88.1 cm³/mol. The minimum atomic E-state index is -0.784. The standard InChI is InChI=1S/C15H22BrNO2S/c1-4-15(19,5-2)10-17-14(18)9-20-13-7-6-12(16)8-11(13)3/h6-8,19H,4-5,9-10H2,1-3H3,(H,17,18). The largest absolute Gasteiger partial charge is 0.388 e. The highest BCUT2D eigenvalue weighted by Crippen LogP contribution is 2.25. The van der Waals surface area contributed by atoms with Crippen molar-refractivity contribution in [1.29, 1.82) is 0 Å². The summed E-state index contributed by atoms with van der Waals surface area (Å²) in [6.45, 7) is 6.20. The van der Waals surface area contributed by atoms with Crippen LogP contribution in [0.2, 0.25) is 0 Å². The van der Waals surface area contributed by atoms with Gasteiger partial charge in [-0.3, -0.25) is 4.79 Å². The van der Waals surface area contributed by atoms with Crippen molar-refractivity contribution < 1.29 is 9.90 Å². The summed E-state index contributed by atoms with van der Waals surface area (Å²) in [5.74, 6) is 0.323. The van der Waals surface area contributed by atoms with Crippen molar-refractivity contribution >= 4 is 33.6 Å². The van der Waals surface area contributed by atoms with E-state index in [0.717, 1.165) is 14.9 Å². The Labute approximate surface area is 133 Å². The normalized spacial score (nSPS) is 11.4. The summed E-state index contributed by atoms with van der Waals surface area (Å²) in [6, 6.07) is 6.01. The van der Waals surface area contributed by atoms with Crippen molar-refractivity contribution in [2.45, 2.75) is 44.1 Å². The second-order valence-electron chi connectivity index (χ2n) is 4.91. The summed E-state index contributed by atoms with van der Waals surface area (Å²) >= 11 is 4.94. The molecule has 5 heteroatoms. The van der Waals surface area contributed by atoms with Gasteiger partial charge in [-0.2, -0.15) is 0 Å². The van der Waals surface area contributed by atoms with Gasteiger partial charge in [0.15, 0.2) is 0 Å². The molecule has 1 rings (SSSR count). The predicted octanol–water partition coefficient (Wildman–Crippen LogP) is 3.52. The molecule has 112 valence electrons. The third-order valence-electron chi connectivity index (χ3n) is 3.43. The van der Waals surface area contributed by atoms with Crippen LogP contribution in [0.1, 0.15) is 32.3 Å². The lowest BCUT2D eigenvalue weighted by Crippen LogP contribution is -2.42. The minimum Gasteiger partial charge on any atom is -0.388 e. The Hall–Kier alpha value is -0.520. The Morgan fingerprint density at radius 3 is 2.60 bits per heavy atom. The van der Waals surface area contributed by atoms with Crippen LogP contribution >= 0.6 is 27.7 Å². The van der Waals surface area contributed by atoms with Gasteiger partial charge in [-0.1, -0.05) is 29.8 Å². The molecule has 0 fully saturated rings. The van der Waals surface area contributed by atoms with Crippen molar-refractivity contribution in [3.63, 3.8) is 0 Å². The van der Waals surface area contributed by atoms with E-state index in [1.165, 1.54) is 11.8 Å². The molecule has 0 saturated carbocycles. The van der Waals surface area contributed by atoms with Gasteiger partial charge in [-0.25, -0.2) is 0 Å². The van der Waals surface area contributed by atoms with Crippen molar-refractivity contribution in [2.75, 3.05) is 12.3 Å². The molecule has 0 bridgehead atoms. The van der Waals surface area contributed by atoms with E-state index in [4.69, 9.17) is 0 Å². The number of hydrogen-bond donors (Lipinski definition) is 2. The summed E-state index contributed by atoms with van der Waals surface area (Å²) in [5.41, 5.74) is 0.365. The topological polar surface area (TPSA) is 49.3 Å². The molecule has 0 aliphatic carbocycles. The van der Waals surface area contributed by atoms with Crippen LogP contribution in [-0.2, 0) is 4.79 Å². The Balaban J connectivity index is 2.44. The molecule has 0 aromatic heterocycles. The number of amides is 1. The van der Waals surface area contributed by atoms with Crippen LogP contribution in [0.5, 0.6) is 0 Å². The van der Waals surface area contributed by atoms with E-state index < -0.39 is 5.60 Å². The number of halogens is 1. The highest BCUT2D eigenvalue weighted by Gasteiger charge is 2.22. The zero-order chi connectivity index (χ0) is 15.2. The number of benzene rings is 1. The number of carbonyl (C=O) groups excluding carboxylic acids is 1. The van der Waals surface area contributed by atoms with E-state index in [1.807, 2.05) is 39.0 Å². The van der Waals surface area contributed by atoms with E-state index in [2.05, 4.69) is 21.2 Å². The second kappa shape index (κ2) is 8.05. The summed E-state index contributed by atoms with van der Waals surface area (Å²) in [4.78, 5) is 12.9. The van der Waals surface area contributed by atoms with E-state index >= 15 is 0 Å². The summed E-state index contributed by atoms with van der Waals surface area (Å²) in [5, 5.41) is 12.9. The molecule has 2 N–H and O–H groups in total. The molecule has 0 aliphatic heterocycles. The molecular weight excluding hydrogens is 338 g/mol. The molecule has 3 nitrogen and oxygen atoms in total. The second-order valence-corrected chi connectivity index (χ2v) is 6.84. The lowest BCUT2D eigenvalue weighted by atomic mass is 9.98. The van der Waals surface area contributed by atoms with Gasteiger partial charge in [-0.05, 0) is 43.5 Å². The van der Waals surface area contributed by atoms with E-state index in [-0.39, 0.29) is 5.91 Å². The lowest BCUT2D eigenvalue weighted by molar-refractivity contribution is -0.119. The van der Waals surface area contributed by atoms with Gasteiger partial charge in [0.2, 0.25) is 5.91 Å². The zero-order valence-corrected chi connectivity index (χ0v) is 14.6. The smallest absolute Gasteiger partial charge is 0.230 e. The van der Waals surface area contributed by atoms with Crippen molar-refractivity contribution in [3.8, 4) is 0 Å². The fourth-order valence-electron chi connectivity index (χ4n) is 1.73. The molecule has 0 unspecified atom stereocenters. The van der Waals surface area contributed by atoms with Gasteiger partial charge >= 0.3 is 0 Å². The molecule has 1 aromatic carbocycles. The van der Waals surface area contributed by atoms with Crippen LogP contribution in [-0.4, -0.2) is 28.9 Å². The molecule has 0 radical (unpaired) electrons. The van der Waals surface area contributed by atoms with Crippen LogP contribution in [0.4, 0.5) is 0 Å². The first-order valence-corrected chi connectivity index (χ1v) is 8.56. The average molecular weight is 360 g/mol. The van der Waals surface area contributed by atoms with Gasteiger partial charge < -0.3 is 10.4 Å². The third kappa shape index (κ3) is 5.46. The number of hydrogen-bond acceptors (Lipinski definition) is 3. The lowest BCUT2D eigenvalue weighted by Gasteiger charge is -2.25. The number of aliphatic hydroxyl groups is 1. The van der Waals surface area contributed by atoms with Crippen LogP contribution < -0.4 is 5.32 Å². The summed E-state index contributed by atoms with van der Waals surface area (Å²) < 4.78 is 1.04. The highest BCUT2D eigenvalue weighted by atomic mass is 79.9. The van der Waals surface area contributed by atoms with Crippen LogP contribution in [0.15, 0.2) is 27.6 Å². The third-order valence-corrected chi connectivity index (χ3v) is 5.10. The van der Waals surface area contributed by atoms with Gasteiger partial charge in [0.25, 0.3) is 0 Å². The van der Waals surface area contributed by atoms with E-state index in [1.54, 1.807) is 0 Å². The fourth-order valence-corrected chi connectivity index (χ4v) is 3.05. The number of rotatable bonds is 7. The van der Waals surface area contributed by atoms with E-state index in [0.29, 0.717) is 25.1 Å². The summed E-state index contributed by atoms with van der Waals surface area (Å²) in [7, 11) is 0.